The Morgan fingerprint density at radius 3 is 2.46 bits per heavy atom. The van der Waals surface area contributed by atoms with Gasteiger partial charge in [-0.3, -0.25) is 4.79 Å². The highest BCUT2D eigenvalue weighted by Gasteiger charge is 2.12. The van der Waals surface area contributed by atoms with Gasteiger partial charge in [-0.2, -0.15) is 5.26 Å². The van der Waals surface area contributed by atoms with E-state index in [1.54, 1.807) is 6.08 Å². The third-order valence-corrected chi connectivity index (χ3v) is 4.37. The van der Waals surface area contributed by atoms with E-state index in [2.05, 4.69) is 10.2 Å². The van der Waals surface area contributed by atoms with Gasteiger partial charge in [-0.15, -0.1) is 0 Å². The maximum absolute atomic E-state index is 12.5. The second-order valence-corrected chi connectivity index (χ2v) is 6.27. The molecule has 0 bridgehead atoms. The molecule has 1 N–H and O–H groups in total. The van der Waals surface area contributed by atoms with Crippen molar-refractivity contribution < 1.29 is 14.3 Å². The van der Waals surface area contributed by atoms with Crippen LogP contribution < -0.4 is 15.0 Å². The second kappa shape index (κ2) is 9.58. The molecule has 0 saturated carbocycles. The topological polar surface area (TPSA) is 74.6 Å². The molecule has 6 nitrogen and oxygen atoms in total. The van der Waals surface area contributed by atoms with Crippen LogP contribution in [-0.4, -0.2) is 38.8 Å². The molecule has 0 atom stereocenters. The largest absolute Gasteiger partial charge is 0.494 e. The summed E-state index contributed by atoms with van der Waals surface area (Å²) in [6.07, 6.45) is 1.56. The van der Waals surface area contributed by atoms with Gasteiger partial charge in [-0.1, -0.05) is 12.1 Å². The van der Waals surface area contributed by atoms with Crippen molar-refractivity contribution in [3.63, 3.8) is 0 Å². The first-order chi connectivity index (χ1) is 13.7. The van der Waals surface area contributed by atoms with Gasteiger partial charge >= 0.3 is 0 Å². The van der Waals surface area contributed by atoms with Crippen LogP contribution in [0.15, 0.2) is 54.1 Å². The lowest BCUT2D eigenvalue weighted by molar-refractivity contribution is -0.112. The molecule has 2 aromatic rings. The fourth-order valence-electron chi connectivity index (χ4n) is 2.92. The summed E-state index contributed by atoms with van der Waals surface area (Å²) in [5, 5.41) is 12.1. The Morgan fingerprint density at radius 2 is 1.86 bits per heavy atom. The molecule has 1 amide bonds. The van der Waals surface area contributed by atoms with Gasteiger partial charge in [0.1, 0.15) is 17.4 Å². The zero-order chi connectivity index (χ0) is 19.8. The number of amides is 1. The van der Waals surface area contributed by atoms with Gasteiger partial charge in [0.2, 0.25) is 0 Å². The molecule has 0 unspecified atom stereocenters. The molecule has 0 aliphatic carbocycles. The van der Waals surface area contributed by atoms with Crippen molar-refractivity contribution in [3.8, 4) is 11.8 Å². The maximum Gasteiger partial charge on any atom is 0.266 e. The average Bonchev–Trinajstić information content (AvgIpc) is 2.74. The summed E-state index contributed by atoms with van der Waals surface area (Å²) in [6.45, 7) is 5.66. The zero-order valence-electron chi connectivity index (χ0n) is 15.9. The lowest BCUT2D eigenvalue weighted by atomic mass is 10.1. The Kier molecular flexibility index (Phi) is 6.66. The number of morpholine rings is 1. The van der Waals surface area contributed by atoms with Crippen molar-refractivity contribution in [1.82, 2.24) is 0 Å². The Hall–Kier alpha value is -3.30. The highest BCUT2D eigenvalue weighted by molar-refractivity contribution is 6.09. The molecule has 3 rings (SSSR count). The molecule has 1 heterocycles. The summed E-state index contributed by atoms with van der Waals surface area (Å²) >= 11 is 0. The minimum absolute atomic E-state index is 0.0430. The van der Waals surface area contributed by atoms with Crippen LogP contribution in [0.2, 0.25) is 0 Å². The van der Waals surface area contributed by atoms with Crippen LogP contribution in [0.4, 0.5) is 11.4 Å². The number of hydrogen-bond donors (Lipinski definition) is 1. The van der Waals surface area contributed by atoms with E-state index in [1.165, 1.54) is 0 Å². The number of nitriles is 1. The quantitative estimate of drug-likeness (QED) is 0.616. The van der Waals surface area contributed by atoms with Crippen LogP contribution in [0, 0.1) is 11.3 Å². The zero-order valence-corrected chi connectivity index (χ0v) is 15.9. The van der Waals surface area contributed by atoms with E-state index in [0.717, 1.165) is 43.3 Å². The molecule has 1 aliphatic rings. The number of nitrogens with zero attached hydrogens (tertiary/aromatic N) is 2. The summed E-state index contributed by atoms with van der Waals surface area (Å²) in [7, 11) is 0. The predicted octanol–water partition coefficient (Wildman–Crippen LogP) is 3.47. The average molecular weight is 377 g/mol. The maximum atomic E-state index is 12.5. The molecular formula is C22H23N3O3. The Balaban J connectivity index is 1.65. The third kappa shape index (κ3) is 5.12. The van der Waals surface area contributed by atoms with E-state index < -0.39 is 5.91 Å². The van der Waals surface area contributed by atoms with Crippen LogP contribution in [0.1, 0.15) is 12.5 Å². The van der Waals surface area contributed by atoms with E-state index in [4.69, 9.17) is 9.47 Å². The van der Waals surface area contributed by atoms with Gasteiger partial charge in [-0.25, -0.2) is 0 Å². The van der Waals surface area contributed by atoms with Gasteiger partial charge in [0, 0.05) is 24.5 Å². The normalized spacial score (nSPS) is 14.3. The Morgan fingerprint density at radius 1 is 1.18 bits per heavy atom. The lowest BCUT2D eigenvalue weighted by Crippen LogP contribution is -2.36. The first-order valence-electron chi connectivity index (χ1n) is 9.28. The molecule has 144 valence electrons. The summed E-state index contributed by atoms with van der Waals surface area (Å²) < 4.78 is 10.8. The van der Waals surface area contributed by atoms with Gasteiger partial charge in [0.15, 0.2) is 0 Å². The van der Waals surface area contributed by atoms with Crippen LogP contribution >= 0.6 is 0 Å². The fraction of sp³-hybridized carbons (Fsp3) is 0.273. The molecule has 6 heteroatoms. The minimum atomic E-state index is -0.435. The standard InChI is InChI=1S/C22H23N3O3/c1-2-28-21-9-3-17(4-10-21)15-18(16-23)22(26)24-19-5-7-20(8-6-19)25-11-13-27-14-12-25/h3-10,15H,2,11-14H2,1H3,(H,24,26)/b18-15+. The summed E-state index contributed by atoms with van der Waals surface area (Å²) in [5.41, 5.74) is 2.54. The predicted molar refractivity (Wildman–Crippen MR) is 109 cm³/mol. The number of carbonyl (C=O) groups is 1. The van der Waals surface area contributed by atoms with Crippen molar-refractivity contribution in [2.75, 3.05) is 43.1 Å². The van der Waals surface area contributed by atoms with E-state index in [-0.39, 0.29) is 5.57 Å². The number of anilines is 2. The van der Waals surface area contributed by atoms with Crippen LogP contribution in [0.3, 0.4) is 0 Å². The van der Waals surface area contributed by atoms with Gasteiger partial charge < -0.3 is 19.7 Å². The van der Waals surface area contributed by atoms with Crippen LogP contribution in [-0.2, 0) is 9.53 Å². The third-order valence-electron chi connectivity index (χ3n) is 4.37. The number of ether oxygens (including phenoxy) is 2. The summed E-state index contributed by atoms with van der Waals surface area (Å²) in [5.74, 6) is 0.318. The molecule has 1 saturated heterocycles. The molecule has 28 heavy (non-hydrogen) atoms. The Labute approximate surface area is 165 Å². The first kappa shape index (κ1) is 19.5. The molecule has 0 radical (unpaired) electrons. The van der Waals surface area contributed by atoms with Gasteiger partial charge in [-0.05, 0) is 55.0 Å². The van der Waals surface area contributed by atoms with Crippen molar-refractivity contribution in [3.05, 3.63) is 59.7 Å². The molecule has 1 aliphatic heterocycles. The minimum Gasteiger partial charge on any atom is -0.494 e. The van der Waals surface area contributed by atoms with Gasteiger partial charge in [0.05, 0.1) is 19.8 Å². The second-order valence-electron chi connectivity index (χ2n) is 6.27. The van der Waals surface area contributed by atoms with Crippen LogP contribution in [0.25, 0.3) is 6.08 Å². The van der Waals surface area contributed by atoms with Crippen molar-refractivity contribution in [1.29, 1.82) is 5.26 Å². The van der Waals surface area contributed by atoms with E-state index in [1.807, 2.05) is 61.5 Å². The number of benzene rings is 2. The summed E-state index contributed by atoms with van der Waals surface area (Å²) in [6, 6.07) is 16.8. The number of rotatable bonds is 6. The number of carbonyl (C=O) groups excluding carboxylic acids is 1. The van der Waals surface area contributed by atoms with E-state index >= 15 is 0 Å². The molecular weight excluding hydrogens is 354 g/mol. The van der Waals surface area contributed by atoms with Crippen molar-refractivity contribution in [2.24, 2.45) is 0 Å². The number of nitrogens with one attached hydrogen (secondary N) is 1. The molecule has 2 aromatic carbocycles. The summed E-state index contributed by atoms with van der Waals surface area (Å²) in [4.78, 5) is 14.7. The smallest absolute Gasteiger partial charge is 0.266 e. The van der Waals surface area contributed by atoms with Gasteiger partial charge in [0.25, 0.3) is 5.91 Å². The molecule has 0 spiro atoms. The highest BCUT2D eigenvalue weighted by atomic mass is 16.5. The molecule has 1 fully saturated rings. The number of hydrogen-bond acceptors (Lipinski definition) is 5. The Bertz CT molecular complexity index is 861. The van der Waals surface area contributed by atoms with Crippen molar-refractivity contribution >= 4 is 23.4 Å². The first-order valence-corrected chi connectivity index (χ1v) is 9.28. The van der Waals surface area contributed by atoms with E-state index in [9.17, 15) is 10.1 Å². The van der Waals surface area contributed by atoms with Crippen molar-refractivity contribution in [2.45, 2.75) is 6.92 Å². The lowest BCUT2D eigenvalue weighted by Gasteiger charge is -2.28. The molecule has 0 aromatic heterocycles. The monoisotopic (exact) mass is 377 g/mol. The highest BCUT2D eigenvalue weighted by Crippen LogP contribution is 2.20. The SMILES string of the molecule is CCOc1ccc(/C=C(\C#N)C(=O)Nc2ccc(N3CCOCC3)cc2)cc1. The van der Waals surface area contributed by atoms with E-state index in [0.29, 0.717) is 12.3 Å². The van der Waals surface area contributed by atoms with Crippen LogP contribution in [0.5, 0.6) is 5.75 Å². The fourth-order valence-corrected chi connectivity index (χ4v) is 2.92.